The smallest absolute Gasteiger partial charge is 0.228 e. The van der Waals surface area contributed by atoms with Crippen LogP contribution in [0.2, 0.25) is 5.02 Å². The van der Waals surface area contributed by atoms with Crippen LogP contribution in [0.5, 0.6) is 5.75 Å². The molecule has 21 heavy (non-hydrogen) atoms. The molecule has 4 nitrogen and oxygen atoms in total. The van der Waals surface area contributed by atoms with Crippen LogP contribution in [-0.4, -0.2) is 18.1 Å². The third-order valence-corrected chi connectivity index (χ3v) is 3.90. The highest BCUT2D eigenvalue weighted by Crippen LogP contribution is 2.35. The number of rotatable bonds is 3. The van der Waals surface area contributed by atoms with E-state index in [2.05, 4.69) is 5.32 Å². The fourth-order valence-electron chi connectivity index (χ4n) is 2.44. The van der Waals surface area contributed by atoms with Gasteiger partial charge in [-0.05, 0) is 35.4 Å². The van der Waals surface area contributed by atoms with Crippen molar-refractivity contribution in [2.75, 3.05) is 12.4 Å². The molecule has 0 saturated carbocycles. The zero-order valence-corrected chi connectivity index (χ0v) is 12.1. The molecule has 1 aliphatic heterocycles. The van der Waals surface area contributed by atoms with Crippen LogP contribution < -0.4 is 10.1 Å². The number of carbonyl (C=O) groups excluding carboxylic acids is 1. The van der Waals surface area contributed by atoms with E-state index in [9.17, 15) is 9.90 Å². The number of amides is 1. The Morgan fingerprint density at radius 3 is 2.67 bits per heavy atom. The fourth-order valence-corrected chi connectivity index (χ4v) is 2.71. The van der Waals surface area contributed by atoms with Crippen LogP contribution in [0, 0.1) is 0 Å². The number of fused-ring (bicyclic) bond motifs is 1. The molecule has 2 N–H and O–H groups in total. The van der Waals surface area contributed by atoms with Gasteiger partial charge >= 0.3 is 0 Å². The van der Waals surface area contributed by atoms with Gasteiger partial charge in [0.1, 0.15) is 11.9 Å². The molecular formula is C16H14ClNO3. The van der Waals surface area contributed by atoms with Crippen molar-refractivity contribution in [3.63, 3.8) is 0 Å². The number of ether oxygens (including phenoxy) is 1. The molecule has 1 amide bonds. The maximum atomic E-state index is 11.4. The number of hydrogen-bond acceptors (Lipinski definition) is 3. The first-order valence-electron chi connectivity index (χ1n) is 6.52. The van der Waals surface area contributed by atoms with E-state index < -0.39 is 6.10 Å². The van der Waals surface area contributed by atoms with Gasteiger partial charge in [-0.1, -0.05) is 23.7 Å². The van der Waals surface area contributed by atoms with Crippen molar-refractivity contribution in [1.29, 1.82) is 0 Å². The molecule has 0 radical (unpaired) electrons. The SMILES string of the molecule is COc1ccc(C(O)c2cc3c(cc2Cl)NC(=O)C3)cc1. The van der Waals surface area contributed by atoms with Gasteiger partial charge in [-0.25, -0.2) is 0 Å². The molecule has 0 aromatic heterocycles. The van der Waals surface area contributed by atoms with E-state index in [0.717, 1.165) is 22.6 Å². The maximum Gasteiger partial charge on any atom is 0.228 e. The van der Waals surface area contributed by atoms with Crippen molar-refractivity contribution in [1.82, 2.24) is 0 Å². The van der Waals surface area contributed by atoms with Crippen molar-refractivity contribution in [3.05, 3.63) is 58.1 Å². The van der Waals surface area contributed by atoms with Gasteiger partial charge in [0, 0.05) is 16.3 Å². The summed E-state index contributed by atoms with van der Waals surface area (Å²) in [6.07, 6.45) is -0.529. The zero-order valence-electron chi connectivity index (χ0n) is 11.4. The number of benzene rings is 2. The van der Waals surface area contributed by atoms with E-state index in [1.165, 1.54) is 0 Å². The lowest BCUT2D eigenvalue weighted by atomic mass is 9.98. The van der Waals surface area contributed by atoms with E-state index in [0.29, 0.717) is 17.0 Å². The van der Waals surface area contributed by atoms with Crippen LogP contribution in [0.4, 0.5) is 5.69 Å². The summed E-state index contributed by atoms with van der Waals surface area (Å²) in [4.78, 5) is 11.4. The van der Waals surface area contributed by atoms with Gasteiger partial charge in [-0.15, -0.1) is 0 Å². The predicted molar refractivity (Wildman–Crippen MR) is 80.8 cm³/mol. The number of aliphatic hydroxyl groups excluding tert-OH is 1. The van der Waals surface area contributed by atoms with Crippen LogP contribution in [0.25, 0.3) is 0 Å². The summed E-state index contributed by atoms with van der Waals surface area (Å²) >= 11 is 6.22. The monoisotopic (exact) mass is 303 g/mol. The summed E-state index contributed by atoms with van der Waals surface area (Å²) in [6, 6.07) is 10.6. The Morgan fingerprint density at radius 2 is 2.00 bits per heavy atom. The third-order valence-electron chi connectivity index (χ3n) is 3.57. The summed E-state index contributed by atoms with van der Waals surface area (Å²) in [6.45, 7) is 0. The Labute approximate surface area is 127 Å². The molecule has 108 valence electrons. The number of hydrogen-bond donors (Lipinski definition) is 2. The molecule has 5 heteroatoms. The number of nitrogens with one attached hydrogen (secondary N) is 1. The fraction of sp³-hybridized carbons (Fsp3) is 0.188. The predicted octanol–water partition coefficient (Wildman–Crippen LogP) is 2.92. The number of methoxy groups -OCH3 is 1. The average Bonchev–Trinajstić information content (AvgIpc) is 2.85. The van der Waals surface area contributed by atoms with E-state index in [1.54, 1.807) is 43.5 Å². The van der Waals surface area contributed by atoms with Crippen molar-refractivity contribution in [2.24, 2.45) is 0 Å². The molecule has 3 rings (SSSR count). The molecular weight excluding hydrogens is 290 g/mol. The quantitative estimate of drug-likeness (QED) is 0.916. The van der Waals surface area contributed by atoms with Gasteiger partial charge in [0.2, 0.25) is 5.91 Å². The van der Waals surface area contributed by atoms with Gasteiger partial charge < -0.3 is 15.2 Å². The number of aliphatic hydroxyl groups is 1. The molecule has 1 heterocycles. The van der Waals surface area contributed by atoms with Crippen molar-refractivity contribution in [2.45, 2.75) is 12.5 Å². The highest BCUT2D eigenvalue weighted by atomic mass is 35.5. The maximum absolute atomic E-state index is 11.4. The van der Waals surface area contributed by atoms with Crippen molar-refractivity contribution in [3.8, 4) is 5.75 Å². The van der Waals surface area contributed by atoms with Crippen molar-refractivity contribution >= 4 is 23.2 Å². The molecule has 0 fully saturated rings. The number of halogens is 1. The second kappa shape index (κ2) is 5.39. The first-order chi connectivity index (χ1) is 10.1. The van der Waals surface area contributed by atoms with E-state index in [4.69, 9.17) is 16.3 Å². The first-order valence-corrected chi connectivity index (χ1v) is 6.90. The van der Waals surface area contributed by atoms with Gasteiger partial charge in [-0.3, -0.25) is 4.79 Å². The Kier molecular flexibility index (Phi) is 3.57. The molecule has 1 atom stereocenters. The van der Waals surface area contributed by atoms with Gasteiger partial charge in [0.05, 0.1) is 13.5 Å². The van der Waals surface area contributed by atoms with Crippen LogP contribution in [0.3, 0.4) is 0 Å². The highest BCUT2D eigenvalue weighted by Gasteiger charge is 2.22. The topological polar surface area (TPSA) is 58.6 Å². The third kappa shape index (κ3) is 2.60. The lowest BCUT2D eigenvalue weighted by Gasteiger charge is -2.15. The molecule has 2 aromatic rings. The molecule has 2 aromatic carbocycles. The van der Waals surface area contributed by atoms with E-state index in [1.807, 2.05) is 0 Å². The minimum Gasteiger partial charge on any atom is -0.497 e. The lowest BCUT2D eigenvalue weighted by molar-refractivity contribution is -0.115. The highest BCUT2D eigenvalue weighted by molar-refractivity contribution is 6.32. The summed E-state index contributed by atoms with van der Waals surface area (Å²) in [5.74, 6) is 0.665. The number of anilines is 1. The standard InChI is InChI=1S/C16H14ClNO3/c1-21-11-4-2-9(3-5-11)16(20)12-6-10-7-15(19)18-14(10)8-13(12)17/h2-6,8,16,20H,7H2,1H3,(H,18,19). The second-order valence-electron chi connectivity index (χ2n) is 4.93. The minimum absolute atomic E-state index is 0.0582. The van der Waals surface area contributed by atoms with Gasteiger partial charge in [0.15, 0.2) is 0 Å². The Balaban J connectivity index is 1.96. The normalized spacial score (nSPS) is 14.5. The molecule has 0 aliphatic carbocycles. The Bertz CT molecular complexity index is 697. The summed E-state index contributed by atoms with van der Waals surface area (Å²) in [5.41, 5.74) is 2.88. The lowest BCUT2D eigenvalue weighted by Crippen LogP contribution is -2.03. The summed E-state index contributed by atoms with van der Waals surface area (Å²) in [5, 5.41) is 13.7. The average molecular weight is 304 g/mol. The molecule has 0 spiro atoms. The summed E-state index contributed by atoms with van der Waals surface area (Å²) in [7, 11) is 1.59. The van der Waals surface area contributed by atoms with Crippen LogP contribution in [0.1, 0.15) is 22.8 Å². The largest absolute Gasteiger partial charge is 0.497 e. The molecule has 0 saturated heterocycles. The van der Waals surface area contributed by atoms with Gasteiger partial charge in [-0.2, -0.15) is 0 Å². The second-order valence-corrected chi connectivity index (χ2v) is 5.34. The Morgan fingerprint density at radius 1 is 1.29 bits per heavy atom. The molecule has 1 aliphatic rings. The Hall–Kier alpha value is -2.04. The van der Waals surface area contributed by atoms with Crippen LogP contribution in [-0.2, 0) is 11.2 Å². The molecule has 0 bridgehead atoms. The van der Waals surface area contributed by atoms with Crippen LogP contribution in [0.15, 0.2) is 36.4 Å². The van der Waals surface area contributed by atoms with Crippen molar-refractivity contribution < 1.29 is 14.6 Å². The minimum atomic E-state index is -0.843. The summed E-state index contributed by atoms with van der Waals surface area (Å²) < 4.78 is 5.10. The first kappa shape index (κ1) is 13.9. The zero-order chi connectivity index (χ0) is 15.0. The molecule has 1 unspecified atom stereocenters. The van der Waals surface area contributed by atoms with E-state index >= 15 is 0 Å². The van der Waals surface area contributed by atoms with Crippen LogP contribution >= 0.6 is 11.6 Å². The van der Waals surface area contributed by atoms with E-state index in [-0.39, 0.29) is 5.91 Å². The van der Waals surface area contributed by atoms with Gasteiger partial charge in [0.25, 0.3) is 0 Å². The number of carbonyl (C=O) groups is 1.